The molecule has 0 unspecified atom stereocenters. The van der Waals surface area contributed by atoms with Gasteiger partial charge in [0.15, 0.2) is 0 Å². The summed E-state index contributed by atoms with van der Waals surface area (Å²) in [6.45, 7) is 0. The second-order valence-electron chi connectivity index (χ2n) is 11.5. The van der Waals surface area contributed by atoms with Crippen molar-refractivity contribution in [3.8, 4) is 50.7 Å². The van der Waals surface area contributed by atoms with Gasteiger partial charge in [-0.15, -0.1) is 0 Å². The Morgan fingerprint density at radius 1 is 0.478 bits per heavy atom. The summed E-state index contributed by atoms with van der Waals surface area (Å²) in [5, 5.41) is 2.24. The summed E-state index contributed by atoms with van der Waals surface area (Å²) in [5.74, 6) is 2.54. The molecule has 8 aromatic rings. The van der Waals surface area contributed by atoms with E-state index >= 15 is 0 Å². The van der Waals surface area contributed by atoms with Crippen LogP contribution in [0.5, 0.6) is 11.5 Å². The molecule has 0 saturated carbocycles. The Labute approximate surface area is 266 Å². The van der Waals surface area contributed by atoms with Crippen molar-refractivity contribution in [1.29, 1.82) is 0 Å². The summed E-state index contributed by atoms with van der Waals surface area (Å²) < 4.78 is 8.95. The van der Waals surface area contributed by atoms with Crippen LogP contribution in [0.4, 0.5) is 0 Å². The van der Waals surface area contributed by atoms with Crippen molar-refractivity contribution >= 4 is 34.0 Å². The van der Waals surface area contributed by atoms with Crippen LogP contribution in [0.25, 0.3) is 73.2 Å². The summed E-state index contributed by atoms with van der Waals surface area (Å²) in [6.07, 6.45) is 10.1. The van der Waals surface area contributed by atoms with Crippen LogP contribution < -0.4 is 4.74 Å². The van der Waals surface area contributed by atoms with E-state index in [9.17, 15) is 0 Å². The molecule has 0 radical (unpaired) electrons. The third-order valence-electron chi connectivity index (χ3n) is 8.81. The van der Waals surface area contributed by atoms with Gasteiger partial charge in [0.05, 0.1) is 11.0 Å². The summed E-state index contributed by atoms with van der Waals surface area (Å²) in [6, 6.07) is 46.5. The molecule has 0 N–H and O–H groups in total. The van der Waals surface area contributed by atoms with Crippen LogP contribution in [0.1, 0.15) is 11.1 Å². The monoisotopic (exact) mass is 589 g/mol. The molecule has 46 heavy (non-hydrogen) atoms. The highest BCUT2D eigenvalue weighted by molar-refractivity contribution is 6.10. The van der Waals surface area contributed by atoms with Crippen molar-refractivity contribution in [1.82, 2.24) is 14.5 Å². The van der Waals surface area contributed by atoms with E-state index in [4.69, 9.17) is 4.74 Å². The zero-order chi connectivity index (χ0) is 30.5. The van der Waals surface area contributed by atoms with Gasteiger partial charge in [-0.05, 0) is 81.9 Å². The van der Waals surface area contributed by atoms with Crippen molar-refractivity contribution < 1.29 is 4.74 Å². The lowest BCUT2D eigenvalue weighted by atomic mass is 9.92. The third kappa shape index (κ3) is 4.31. The number of fused-ring (bicyclic) bond motifs is 9. The molecule has 4 heterocycles. The highest BCUT2D eigenvalue weighted by Gasteiger charge is 2.18. The predicted octanol–water partition coefficient (Wildman–Crippen LogP) is 10.9. The minimum Gasteiger partial charge on any atom is -0.456 e. The highest BCUT2D eigenvalue weighted by atomic mass is 16.5. The largest absolute Gasteiger partial charge is 0.456 e. The number of nitrogens with zero attached hydrogens (tertiary/aromatic N) is 3. The molecule has 1 aliphatic heterocycles. The van der Waals surface area contributed by atoms with Crippen LogP contribution in [-0.2, 0) is 0 Å². The summed E-state index contributed by atoms with van der Waals surface area (Å²) in [5.41, 5.74) is 11.1. The fourth-order valence-corrected chi connectivity index (χ4v) is 6.63. The molecule has 0 atom stereocenters. The second kappa shape index (κ2) is 10.7. The second-order valence-corrected chi connectivity index (χ2v) is 11.5. The lowest BCUT2D eigenvalue weighted by Crippen LogP contribution is -1.96. The number of aromatic nitrogens is 3. The quantitative estimate of drug-likeness (QED) is 0.201. The van der Waals surface area contributed by atoms with Gasteiger partial charge in [0.2, 0.25) is 0 Å². The minimum atomic E-state index is 0.820. The molecule has 0 spiro atoms. The highest BCUT2D eigenvalue weighted by Crippen LogP contribution is 2.43. The van der Waals surface area contributed by atoms with E-state index in [1.54, 1.807) is 0 Å². The van der Waals surface area contributed by atoms with Gasteiger partial charge in [-0.2, -0.15) is 0 Å². The zero-order valence-corrected chi connectivity index (χ0v) is 24.8. The van der Waals surface area contributed by atoms with Crippen molar-refractivity contribution in [2.45, 2.75) is 0 Å². The van der Waals surface area contributed by atoms with E-state index in [-0.39, 0.29) is 0 Å². The molecular formula is C42H27N3O. The van der Waals surface area contributed by atoms with Crippen LogP contribution in [-0.4, -0.2) is 14.5 Å². The van der Waals surface area contributed by atoms with Gasteiger partial charge in [0.1, 0.15) is 17.3 Å². The van der Waals surface area contributed by atoms with E-state index < -0.39 is 0 Å². The van der Waals surface area contributed by atoms with E-state index in [1.807, 2.05) is 55.0 Å². The number of rotatable bonds is 2. The third-order valence-corrected chi connectivity index (χ3v) is 8.81. The lowest BCUT2D eigenvalue weighted by Gasteiger charge is -2.16. The molecule has 0 saturated heterocycles. The van der Waals surface area contributed by atoms with E-state index in [0.717, 1.165) is 83.6 Å². The number of hydrogen-bond donors (Lipinski definition) is 0. The van der Waals surface area contributed by atoms with Crippen molar-refractivity contribution in [3.63, 3.8) is 0 Å². The topological polar surface area (TPSA) is 39.9 Å². The van der Waals surface area contributed by atoms with Gasteiger partial charge in [0, 0.05) is 40.5 Å². The fourth-order valence-electron chi connectivity index (χ4n) is 6.63. The molecule has 0 fully saturated rings. The molecule has 0 amide bonds. The maximum absolute atomic E-state index is 6.74. The molecular weight excluding hydrogens is 562 g/mol. The summed E-state index contributed by atoms with van der Waals surface area (Å²) >= 11 is 0. The smallest absolute Gasteiger partial charge is 0.137 e. The Morgan fingerprint density at radius 3 is 1.93 bits per heavy atom. The van der Waals surface area contributed by atoms with Gasteiger partial charge in [0.25, 0.3) is 0 Å². The fraction of sp³-hybridized carbons (Fsp3) is 0. The maximum Gasteiger partial charge on any atom is 0.137 e. The minimum absolute atomic E-state index is 0.820. The Kier molecular flexibility index (Phi) is 6.10. The predicted molar refractivity (Wildman–Crippen MR) is 188 cm³/mol. The SMILES string of the molecule is C1=C\c2ccc(-c3ccc4c(c3)c3cnccc3n4-c3ccccn3)cc2-c2ccccc2Oc2ccccc2-c2ccccc2/1. The van der Waals surface area contributed by atoms with Crippen molar-refractivity contribution in [3.05, 3.63) is 163 Å². The number of hydrogen-bond acceptors (Lipinski definition) is 3. The van der Waals surface area contributed by atoms with Crippen molar-refractivity contribution in [2.75, 3.05) is 0 Å². The van der Waals surface area contributed by atoms with Crippen LogP contribution >= 0.6 is 0 Å². The van der Waals surface area contributed by atoms with Crippen molar-refractivity contribution in [2.24, 2.45) is 0 Å². The van der Waals surface area contributed by atoms with Gasteiger partial charge in [-0.1, -0.05) is 97.1 Å². The molecule has 0 aliphatic carbocycles. The Hall–Kier alpha value is -6.26. The first kappa shape index (κ1) is 26.2. The average Bonchev–Trinajstić information content (AvgIpc) is 3.44. The van der Waals surface area contributed by atoms with Gasteiger partial charge < -0.3 is 4.74 Å². The normalized spacial score (nSPS) is 12.7. The van der Waals surface area contributed by atoms with Crippen LogP contribution in [0.2, 0.25) is 0 Å². The van der Waals surface area contributed by atoms with E-state index in [0.29, 0.717) is 0 Å². The molecule has 9 rings (SSSR count). The van der Waals surface area contributed by atoms with E-state index in [1.165, 1.54) is 0 Å². The van der Waals surface area contributed by atoms with Gasteiger partial charge >= 0.3 is 0 Å². The molecule has 216 valence electrons. The van der Waals surface area contributed by atoms with Gasteiger partial charge in [-0.3, -0.25) is 9.55 Å². The Bertz CT molecular complexity index is 2460. The lowest BCUT2D eigenvalue weighted by molar-refractivity contribution is 0.486. The zero-order valence-electron chi connectivity index (χ0n) is 24.8. The molecule has 3 aromatic heterocycles. The molecule has 4 nitrogen and oxygen atoms in total. The standard InChI is InChI=1S/C42H27N3O/c1-2-10-32-28(9-1)16-17-29-18-19-30(25-35(29)34-12-4-6-14-41(34)46-40-13-5-3-11-33(32)40)31-20-21-38-36(26-31)37-27-43-24-22-39(37)45(38)42-15-7-8-23-44-42/h1-27H/b17-16-. The van der Waals surface area contributed by atoms with Gasteiger partial charge in [-0.25, -0.2) is 4.98 Å². The maximum atomic E-state index is 6.74. The molecule has 5 aromatic carbocycles. The Balaban J connectivity index is 1.24. The average molecular weight is 590 g/mol. The van der Waals surface area contributed by atoms with Crippen LogP contribution in [0.15, 0.2) is 152 Å². The number of pyridine rings is 2. The molecule has 1 aliphatic rings. The van der Waals surface area contributed by atoms with Crippen LogP contribution in [0, 0.1) is 0 Å². The number of ether oxygens (including phenoxy) is 1. The summed E-state index contributed by atoms with van der Waals surface area (Å²) in [4.78, 5) is 9.14. The van der Waals surface area contributed by atoms with Crippen LogP contribution in [0.3, 0.4) is 0 Å². The first-order valence-corrected chi connectivity index (χ1v) is 15.4. The first-order chi connectivity index (χ1) is 22.8. The van der Waals surface area contributed by atoms with E-state index in [2.05, 4.69) is 124 Å². The Morgan fingerprint density at radius 2 is 1.13 bits per heavy atom. The first-order valence-electron chi connectivity index (χ1n) is 15.4. The number of para-hydroxylation sites is 2. The molecule has 0 bridgehead atoms. The molecule has 4 heteroatoms. The number of benzene rings is 5. The summed E-state index contributed by atoms with van der Waals surface area (Å²) in [7, 11) is 0.